The molecular weight excluding hydrogens is 430 g/mol. The lowest BCUT2D eigenvalue weighted by Crippen LogP contribution is -2.22. The Morgan fingerprint density at radius 3 is 2.55 bits per heavy atom. The Morgan fingerprint density at radius 1 is 1.00 bits per heavy atom. The fourth-order valence-electron chi connectivity index (χ4n) is 3.88. The van der Waals surface area contributed by atoms with Crippen LogP contribution in [-0.2, 0) is 12.3 Å². The molecule has 0 atom stereocenters. The molecule has 33 heavy (non-hydrogen) atoms. The highest BCUT2D eigenvalue weighted by Gasteiger charge is 2.16. The molecule has 0 spiro atoms. The molecule has 0 radical (unpaired) electrons. The standard InChI is InChI=1S/C26H19N5OS/c1-2-15-30-24(32)22-9-5-6-10-23(22)31-25(30)28-29-26(31)33-17-18-11-13-19(14-12-18)21-8-4-3-7-20(21)16-27/h2-14H,1,15,17H2. The van der Waals surface area contributed by atoms with Crippen LogP contribution in [0.2, 0.25) is 0 Å². The number of allylic oxidation sites excluding steroid dienone is 1. The SMILES string of the molecule is C=CCn1c(=O)c2ccccc2n2c(SCc3ccc(-c4ccccc4C#N)cc3)nnc12. The summed E-state index contributed by atoms with van der Waals surface area (Å²) in [5.41, 5.74) is 4.40. The van der Waals surface area contributed by atoms with E-state index in [1.165, 1.54) is 0 Å². The van der Waals surface area contributed by atoms with Crippen molar-refractivity contribution in [3.63, 3.8) is 0 Å². The number of rotatable bonds is 6. The molecule has 3 aromatic carbocycles. The van der Waals surface area contributed by atoms with Gasteiger partial charge in [0.25, 0.3) is 5.56 Å². The van der Waals surface area contributed by atoms with Crippen molar-refractivity contribution < 1.29 is 0 Å². The second kappa shape index (κ2) is 8.77. The van der Waals surface area contributed by atoms with Gasteiger partial charge in [0.1, 0.15) is 0 Å². The van der Waals surface area contributed by atoms with Crippen LogP contribution in [0.5, 0.6) is 0 Å². The molecule has 160 valence electrons. The Hall–Kier alpha value is -4.15. The Morgan fingerprint density at radius 2 is 1.76 bits per heavy atom. The molecule has 5 rings (SSSR count). The Labute approximate surface area is 194 Å². The number of hydrogen-bond donors (Lipinski definition) is 0. The van der Waals surface area contributed by atoms with Gasteiger partial charge in [0.05, 0.1) is 22.5 Å². The molecule has 0 fully saturated rings. The van der Waals surface area contributed by atoms with Crippen molar-refractivity contribution in [1.82, 2.24) is 19.2 Å². The van der Waals surface area contributed by atoms with Crippen LogP contribution in [0.1, 0.15) is 11.1 Å². The Balaban J connectivity index is 1.48. The first-order valence-electron chi connectivity index (χ1n) is 10.4. The Kier molecular flexibility index (Phi) is 5.51. The Bertz CT molecular complexity index is 1590. The molecule has 6 nitrogen and oxygen atoms in total. The van der Waals surface area contributed by atoms with Crippen LogP contribution in [0.25, 0.3) is 27.8 Å². The predicted octanol–water partition coefficient (Wildman–Crippen LogP) is 5.06. The van der Waals surface area contributed by atoms with Crippen molar-refractivity contribution in [3.05, 3.63) is 107 Å². The molecule has 0 saturated heterocycles. The van der Waals surface area contributed by atoms with E-state index in [0.29, 0.717) is 29.0 Å². The first-order chi connectivity index (χ1) is 16.2. The lowest BCUT2D eigenvalue weighted by atomic mass is 10.00. The molecule has 0 bridgehead atoms. The number of nitrogens with zero attached hydrogens (tertiary/aromatic N) is 5. The number of benzene rings is 3. The monoisotopic (exact) mass is 449 g/mol. The second-order valence-corrected chi connectivity index (χ2v) is 8.43. The van der Waals surface area contributed by atoms with Crippen molar-refractivity contribution in [3.8, 4) is 17.2 Å². The van der Waals surface area contributed by atoms with Gasteiger partial charge < -0.3 is 0 Å². The highest BCUT2D eigenvalue weighted by molar-refractivity contribution is 7.98. The van der Waals surface area contributed by atoms with Crippen LogP contribution in [0, 0.1) is 11.3 Å². The van der Waals surface area contributed by atoms with E-state index in [2.05, 4.69) is 35.0 Å². The van der Waals surface area contributed by atoms with Gasteiger partial charge in [0.2, 0.25) is 5.78 Å². The highest BCUT2D eigenvalue weighted by atomic mass is 32.2. The van der Waals surface area contributed by atoms with Crippen LogP contribution >= 0.6 is 11.8 Å². The van der Waals surface area contributed by atoms with Gasteiger partial charge in [0, 0.05) is 12.3 Å². The van der Waals surface area contributed by atoms with Crippen molar-refractivity contribution in [2.24, 2.45) is 0 Å². The zero-order chi connectivity index (χ0) is 22.8. The minimum absolute atomic E-state index is 0.102. The van der Waals surface area contributed by atoms with E-state index < -0.39 is 0 Å². The molecule has 0 amide bonds. The quantitative estimate of drug-likeness (QED) is 0.267. The lowest BCUT2D eigenvalue weighted by Gasteiger charge is -2.10. The third kappa shape index (κ3) is 3.71. The third-order valence-corrected chi connectivity index (χ3v) is 6.47. The predicted molar refractivity (Wildman–Crippen MR) is 131 cm³/mol. The maximum absolute atomic E-state index is 12.9. The van der Waals surface area contributed by atoms with E-state index in [-0.39, 0.29) is 5.56 Å². The number of fused-ring (bicyclic) bond motifs is 3. The maximum atomic E-state index is 12.9. The third-order valence-electron chi connectivity index (χ3n) is 5.47. The van der Waals surface area contributed by atoms with E-state index in [1.54, 1.807) is 22.4 Å². The number of thioether (sulfide) groups is 1. The summed E-state index contributed by atoms with van der Waals surface area (Å²) < 4.78 is 3.52. The van der Waals surface area contributed by atoms with Gasteiger partial charge in [-0.15, -0.1) is 16.8 Å². The molecule has 2 aromatic heterocycles. The van der Waals surface area contributed by atoms with Gasteiger partial charge in [-0.1, -0.05) is 72.4 Å². The molecule has 0 aliphatic heterocycles. The van der Waals surface area contributed by atoms with Crippen LogP contribution in [0.3, 0.4) is 0 Å². The summed E-state index contributed by atoms with van der Waals surface area (Å²) in [5, 5.41) is 19.4. The summed E-state index contributed by atoms with van der Waals surface area (Å²) in [7, 11) is 0. The maximum Gasteiger partial charge on any atom is 0.263 e. The van der Waals surface area contributed by atoms with Crippen LogP contribution in [0.15, 0.2) is 95.4 Å². The lowest BCUT2D eigenvalue weighted by molar-refractivity contribution is 0.783. The average molecular weight is 450 g/mol. The average Bonchev–Trinajstić information content (AvgIpc) is 3.29. The van der Waals surface area contributed by atoms with E-state index >= 15 is 0 Å². The van der Waals surface area contributed by atoms with E-state index in [1.807, 2.05) is 65.1 Å². The zero-order valence-corrected chi connectivity index (χ0v) is 18.5. The zero-order valence-electron chi connectivity index (χ0n) is 17.7. The van der Waals surface area contributed by atoms with Gasteiger partial charge in [-0.3, -0.25) is 13.8 Å². The fraction of sp³-hybridized carbons (Fsp3) is 0.0769. The first kappa shape index (κ1) is 20.7. The van der Waals surface area contributed by atoms with Gasteiger partial charge in [-0.05, 0) is 34.9 Å². The minimum atomic E-state index is -0.102. The van der Waals surface area contributed by atoms with Crippen molar-refractivity contribution in [2.75, 3.05) is 0 Å². The largest absolute Gasteiger partial charge is 0.272 e. The fourth-order valence-corrected chi connectivity index (χ4v) is 4.78. The molecule has 0 aliphatic rings. The molecular formula is C26H19N5OS. The number of aromatic nitrogens is 4. The topological polar surface area (TPSA) is 76.0 Å². The molecule has 2 heterocycles. The number of nitriles is 1. The van der Waals surface area contributed by atoms with Gasteiger partial charge >= 0.3 is 0 Å². The molecule has 7 heteroatoms. The van der Waals surface area contributed by atoms with Crippen molar-refractivity contribution in [2.45, 2.75) is 17.5 Å². The number of hydrogen-bond acceptors (Lipinski definition) is 5. The second-order valence-electron chi connectivity index (χ2n) is 7.48. The normalized spacial score (nSPS) is 11.0. The summed E-state index contributed by atoms with van der Waals surface area (Å²) in [6.07, 6.45) is 1.68. The highest BCUT2D eigenvalue weighted by Crippen LogP contribution is 2.27. The molecule has 5 aromatic rings. The van der Waals surface area contributed by atoms with E-state index in [4.69, 9.17) is 0 Å². The summed E-state index contributed by atoms with van der Waals surface area (Å²) in [4.78, 5) is 12.9. The van der Waals surface area contributed by atoms with Gasteiger partial charge in [-0.25, -0.2) is 0 Å². The van der Waals surface area contributed by atoms with Crippen LogP contribution in [-0.4, -0.2) is 19.2 Å². The van der Waals surface area contributed by atoms with Crippen molar-refractivity contribution in [1.29, 1.82) is 5.26 Å². The van der Waals surface area contributed by atoms with E-state index in [9.17, 15) is 10.1 Å². The van der Waals surface area contributed by atoms with Crippen molar-refractivity contribution >= 4 is 28.4 Å². The van der Waals surface area contributed by atoms with Gasteiger partial charge in [0.15, 0.2) is 5.16 Å². The summed E-state index contributed by atoms with van der Waals surface area (Å²) in [6, 6.07) is 25.5. The minimum Gasteiger partial charge on any atom is -0.272 e. The number of para-hydroxylation sites is 1. The molecule has 0 N–H and O–H groups in total. The molecule has 0 saturated carbocycles. The summed E-state index contributed by atoms with van der Waals surface area (Å²) >= 11 is 1.56. The molecule has 0 unspecified atom stereocenters. The van der Waals surface area contributed by atoms with Crippen LogP contribution < -0.4 is 5.56 Å². The smallest absolute Gasteiger partial charge is 0.263 e. The summed E-state index contributed by atoms with van der Waals surface area (Å²) in [6.45, 7) is 4.13. The van der Waals surface area contributed by atoms with E-state index in [0.717, 1.165) is 27.4 Å². The molecule has 0 aliphatic carbocycles. The first-order valence-corrected chi connectivity index (χ1v) is 11.4. The summed E-state index contributed by atoms with van der Waals surface area (Å²) in [5.74, 6) is 1.19. The van der Waals surface area contributed by atoms with Gasteiger partial charge in [-0.2, -0.15) is 5.26 Å². The van der Waals surface area contributed by atoms with Crippen LogP contribution in [0.4, 0.5) is 0 Å².